The van der Waals surface area contributed by atoms with Crippen LogP contribution < -0.4 is 5.32 Å². The summed E-state index contributed by atoms with van der Waals surface area (Å²) < 4.78 is 0. The molecule has 22 heavy (non-hydrogen) atoms. The van der Waals surface area contributed by atoms with Crippen LogP contribution in [0.25, 0.3) is 6.08 Å². The number of nitro benzene ring substituents is 1. The highest BCUT2D eigenvalue weighted by atomic mass is 16.6. The Kier molecular flexibility index (Phi) is 5.03. The molecule has 0 aliphatic carbocycles. The third-order valence-electron chi connectivity index (χ3n) is 3.17. The number of nitrogens with zero attached hydrogens (tertiary/aromatic N) is 1. The van der Waals surface area contributed by atoms with Crippen molar-refractivity contribution in [3.05, 3.63) is 81.9 Å². The smallest absolute Gasteiger partial charge is 0.270 e. The minimum atomic E-state index is -0.463. The largest absolute Gasteiger partial charge is 0.346 e. The van der Waals surface area contributed by atoms with Crippen LogP contribution in [-0.2, 0) is 4.79 Å². The zero-order valence-electron chi connectivity index (χ0n) is 12.1. The van der Waals surface area contributed by atoms with Crippen LogP contribution >= 0.6 is 0 Å². The Morgan fingerprint density at radius 1 is 1.18 bits per heavy atom. The van der Waals surface area contributed by atoms with Crippen molar-refractivity contribution < 1.29 is 9.72 Å². The lowest BCUT2D eigenvalue weighted by Crippen LogP contribution is -2.24. The molecule has 5 nitrogen and oxygen atoms in total. The van der Waals surface area contributed by atoms with Gasteiger partial charge < -0.3 is 5.32 Å². The van der Waals surface area contributed by atoms with Crippen LogP contribution in [0.2, 0.25) is 0 Å². The lowest BCUT2D eigenvalue weighted by molar-refractivity contribution is -0.384. The van der Waals surface area contributed by atoms with Gasteiger partial charge in [0, 0.05) is 18.2 Å². The van der Waals surface area contributed by atoms with E-state index in [9.17, 15) is 14.9 Å². The summed E-state index contributed by atoms with van der Waals surface area (Å²) in [4.78, 5) is 22.1. The van der Waals surface area contributed by atoms with Crippen LogP contribution in [0.5, 0.6) is 0 Å². The summed E-state index contributed by atoms with van der Waals surface area (Å²) in [6, 6.07) is 15.6. The molecule has 112 valence electrons. The van der Waals surface area contributed by atoms with Crippen LogP contribution in [0.3, 0.4) is 0 Å². The molecule has 5 heteroatoms. The van der Waals surface area contributed by atoms with Gasteiger partial charge in [0.2, 0.25) is 5.91 Å². The summed E-state index contributed by atoms with van der Waals surface area (Å²) in [6.45, 7) is 1.90. The predicted molar refractivity (Wildman–Crippen MR) is 85.1 cm³/mol. The molecule has 0 saturated heterocycles. The topological polar surface area (TPSA) is 72.2 Å². The summed E-state index contributed by atoms with van der Waals surface area (Å²) in [5.41, 5.74) is 1.62. The molecule has 0 saturated carbocycles. The second-order valence-electron chi connectivity index (χ2n) is 4.83. The van der Waals surface area contributed by atoms with Gasteiger partial charge in [-0.1, -0.05) is 42.5 Å². The highest BCUT2D eigenvalue weighted by Crippen LogP contribution is 2.14. The maximum absolute atomic E-state index is 11.9. The Morgan fingerprint density at radius 2 is 1.91 bits per heavy atom. The van der Waals surface area contributed by atoms with Gasteiger partial charge in [-0.15, -0.1) is 0 Å². The molecule has 1 N–H and O–H groups in total. The van der Waals surface area contributed by atoms with Crippen molar-refractivity contribution in [2.24, 2.45) is 0 Å². The Bertz CT molecular complexity index is 696. The molecule has 0 aliphatic rings. The summed E-state index contributed by atoms with van der Waals surface area (Å²) in [7, 11) is 0. The second kappa shape index (κ2) is 7.17. The van der Waals surface area contributed by atoms with E-state index in [1.807, 2.05) is 37.3 Å². The minimum absolute atomic E-state index is 0.000196. The van der Waals surface area contributed by atoms with Crippen molar-refractivity contribution in [1.82, 2.24) is 5.32 Å². The van der Waals surface area contributed by atoms with Crippen molar-refractivity contribution in [2.75, 3.05) is 0 Å². The van der Waals surface area contributed by atoms with E-state index >= 15 is 0 Å². The number of carbonyl (C=O) groups is 1. The average molecular weight is 296 g/mol. The molecule has 0 spiro atoms. The molecule has 2 rings (SSSR count). The van der Waals surface area contributed by atoms with Crippen LogP contribution in [0.4, 0.5) is 5.69 Å². The molecule has 1 amide bonds. The van der Waals surface area contributed by atoms with E-state index in [4.69, 9.17) is 0 Å². The number of nitrogens with one attached hydrogen (secondary N) is 1. The Morgan fingerprint density at radius 3 is 2.59 bits per heavy atom. The van der Waals surface area contributed by atoms with Crippen LogP contribution in [0.15, 0.2) is 60.7 Å². The standard InChI is InChI=1S/C17H16N2O3/c1-13(15-7-3-2-4-8-15)18-17(20)11-10-14-6-5-9-16(12-14)19(21)22/h2-13H,1H3,(H,18,20)/b11-10+/t13-/m0/s1. The number of carbonyl (C=O) groups excluding carboxylic acids is 1. The van der Waals surface area contributed by atoms with Gasteiger partial charge in [-0.2, -0.15) is 0 Å². The Hall–Kier alpha value is -2.95. The monoisotopic (exact) mass is 296 g/mol. The lowest BCUT2D eigenvalue weighted by Gasteiger charge is -2.12. The van der Waals surface area contributed by atoms with Crippen LogP contribution in [0, 0.1) is 10.1 Å². The van der Waals surface area contributed by atoms with E-state index in [1.165, 1.54) is 18.2 Å². The summed E-state index contributed by atoms with van der Waals surface area (Å²) in [5, 5.41) is 13.5. The fourth-order valence-electron chi connectivity index (χ4n) is 2.00. The maximum Gasteiger partial charge on any atom is 0.270 e. The maximum atomic E-state index is 11.9. The van der Waals surface area contributed by atoms with Crippen LogP contribution in [0.1, 0.15) is 24.1 Å². The molecule has 0 aromatic heterocycles. The number of nitro groups is 1. The van der Waals surface area contributed by atoms with Crippen molar-refractivity contribution in [2.45, 2.75) is 13.0 Å². The average Bonchev–Trinajstić information content (AvgIpc) is 2.54. The van der Waals surface area contributed by atoms with Crippen molar-refractivity contribution >= 4 is 17.7 Å². The number of amides is 1. The second-order valence-corrected chi connectivity index (χ2v) is 4.83. The molecule has 0 aliphatic heterocycles. The summed E-state index contributed by atoms with van der Waals surface area (Å²) >= 11 is 0. The van der Waals surface area contributed by atoms with Gasteiger partial charge >= 0.3 is 0 Å². The fraction of sp³-hybridized carbons (Fsp3) is 0.118. The van der Waals surface area contributed by atoms with Crippen molar-refractivity contribution in [1.29, 1.82) is 0 Å². The highest BCUT2D eigenvalue weighted by Gasteiger charge is 2.07. The van der Waals surface area contributed by atoms with Gasteiger partial charge in [-0.05, 0) is 24.1 Å². The zero-order valence-corrected chi connectivity index (χ0v) is 12.1. The summed E-state index contributed by atoms with van der Waals surface area (Å²) in [5.74, 6) is -0.247. The predicted octanol–water partition coefficient (Wildman–Crippen LogP) is 3.49. The first-order valence-electron chi connectivity index (χ1n) is 6.84. The number of hydrogen-bond acceptors (Lipinski definition) is 3. The fourth-order valence-corrected chi connectivity index (χ4v) is 2.00. The molecule has 0 fully saturated rings. The molecule has 0 bridgehead atoms. The van der Waals surface area contributed by atoms with E-state index in [0.29, 0.717) is 5.56 Å². The first kappa shape index (κ1) is 15.4. The van der Waals surface area contributed by atoms with Gasteiger partial charge in [-0.25, -0.2) is 0 Å². The third kappa shape index (κ3) is 4.28. The SMILES string of the molecule is C[C@H](NC(=O)/C=C/c1cccc([N+](=O)[O-])c1)c1ccccc1. The normalized spacial score (nSPS) is 12.0. The molecule has 0 heterocycles. The van der Waals surface area contributed by atoms with E-state index in [0.717, 1.165) is 5.56 Å². The number of non-ortho nitro benzene ring substituents is 1. The van der Waals surface area contributed by atoms with Gasteiger partial charge in [0.05, 0.1) is 11.0 Å². The Balaban J connectivity index is 2.00. The molecule has 2 aromatic rings. The third-order valence-corrected chi connectivity index (χ3v) is 3.17. The molecule has 0 unspecified atom stereocenters. The Labute approximate surface area is 128 Å². The quantitative estimate of drug-likeness (QED) is 0.521. The minimum Gasteiger partial charge on any atom is -0.346 e. The van der Waals surface area contributed by atoms with Gasteiger partial charge in [0.15, 0.2) is 0 Å². The van der Waals surface area contributed by atoms with Gasteiger partial charge in [0.1, 0.15) is 0 Å². The number of hydrogen-bond donors (Lipinski definition) is 1. The lowest BCUT2D eigenvalue weighted by atomic mass is 10.1. The molecule has 2 aromatic carbocycles. The van der Waals surface area contributed by atoms with Gasteiger partial charge in [0.25, 0.3) is 5.69 Å². The molecular formula is C17H16N2O3. The molecule has 1 atom stereocenters. The first-order chi connectivity index (χ1) is 10.6. The number of benzene rings is 2. The van der Waals surface area contributed by atoms with Gasteiger partial charge in [-0.3, -0.25) is 14.9 Å². The van der Waals surface area contributed by atoms with E-state index in [1.54, 1.807) is 18.2 Å². The van der Waals surface area contributed by atoms with E-state index in [-0.39, 0.29) is 17.6 Å². The van der Waals surface area contributed by atoms with E-state index < -0.39 is 4.92 Å². The van der Waals surface area contributed by atoms with Crippen molar-refractivity contribution in [3.8, 4) is 0 Å². The molecular weight excluding hydrogens is 280 g/mol. The zero-order chi connectivity index (χ0) is 15.9. The van der Waals surface area contributed by atoms with E-state index in [2.05, 4.69) is 5.32 Å². The highest BCUT2D eigenvalue weighted by molar-refractivity contribution is 5.92. The number of rotatable bonds is 5. The molecule has 0 radical (unpaired) electrons. The van der Waals surface area contributed by atoms with Crippen LogP contribution in [-0.4, -0.2) is 10.8 Å². The van der Waals surface area contributed by atoms with Crippen molar-refractivity contribution in [3.63, 3.8) is 0 Å². The summed E-state index contributed by atoms with van der Waals surface area (Å²) in [6.07, 6.45) is 2.93. The first-order valence-corrected chi connectivity index (χ1v) is 6.84.